The van der Waals surface area contributed by atoms with Gasteiger partial charge >= 0.3 is 0 Å². The number of fused-ring (bicyclic) bond motifs is 9. The van der Waals surface area contributed by atoms with Crippen molar-refractivity contribution in [2.24, 2.45) is 0 Å². The van der Waals surface area contributed by atoms with E-state index in [1.165, 1.54) is 42.0 Å². The molecule has 0 radical (unpaired) electrons. The molecular formula is C54H34N2OS. The molecule has 9 aromatic carbocycles. The van der Waals surface area contributed by atoms with E-state index < -0.39 is 0 Å². The standard InChI is InChI=1S/C54H34N2OS/c1-2-14-35(15-3-1)45-33-37(36-16-12-17-38(32-36)55-47-23-8-4-18-40(47)41-19-5-9-24-48(41)55)28-30-49(45)56(39-29-31-52-46(34-39)42-20-6-10-26-51(42)57-52)50-25-13-22-44-43-21-7-11-27-53(43)58-54(44)50/h1-34H. The van der Waals surface area contributed by atoms with Crippen molar-refractivity contribution in [1.82, 2.24) is 4.57 Å². The van der Waals surface area contributed by atoms with Crippen LogP contribution in [0.4, 0.5) is 17.1 Å². The van der Waals surface area contributed by atoms with Crippen molar-refractivity contribution in [3.8, 4) is 27.9 Å². The molecule has 3 nitrogen and oxygen atoms in total. The zero-order valence-electron chi connectivity index (χ0n) is 31.3. The van der Waals surface area contributed by atoms with Gasteiger partial charge in [-0.2, -0.15) is 0 Å². The fourth-order valence-electron chi connectivity index (χ4n) is 8.95. The van der Waals surface area contributed by atoms with E-state index in [0.29, 0.717) is 0 Å². The lowest BCUT2D eigenvalue weighted by atomic mass is 9.95. The highest BCUT2D eigenvalue weighted by Gasteiger charge is 2.23. The molecule has 4 heteroatoms. The molecule has 0 N–H and O–H groups in total. The number of hydrogen-bond acceptors (Lipinski definition) is 3. The third-order valence-corrected chi connectivity index (χ3v) is 12.8. The maximum atomic E-state index is 6.33. The van der Waals surface area contributed by atoms with Crippen molar-refractivity contribution in [1.29, 1.82) is 0 Å². The highest BCUT2D eigenvalue weighted by Crippen LogP contribution is 2.49. The van der Waals surface area contributed by atoms with Gasteiger partial charge in [0.15, 0.2) is 0 Å². The first kappa shape index (κ1) is 32.8. The minimum atomic E-state index is 0.881. The summed E-state index contributed by atoms with van der Waals surface area (Å²) in [6, 6.07) is 74.6. The number of benzene rings is 9. The molecule has 12 rings (SSSR count). The Labute approximate surface area is 338 Å². The summed E-state index contributed by atoms with van der Waals surface area (Å²) in [6.07, 6.45) is 0. The van der Waals surface area contributed by atoms with Crippen molar-refractivity contribution in [2.75, 3.05) is 4.90 Å². The molecule has 0 unspecified atom stereocenters. The van der Waals surface area contributed by atoms with Gasteiger partial charge in [0, 0.05) is 54.0 Å². The first-order valence-corrected chi connectivity index (χ1v) is 20.5. The fourth-order valence-corrected chi connectivity index (χ4v) is 10.2. The van der Waals surface area contributed by atoms with Crippen LogP contribution in [0.15, 0.2) is 211 Å². The van der Waals surface area contributed by atoms with Crippen LogP contribution >= 0.6 is 11.3 Å². The summed E-state index contributed by atoms with van der Waals surface area (Å²) in [5.41, 5.74) is 13.3. The van der Waals surface area contributed by atoms with Crippen molar-refractivity contribution < 1.29 is 4.42 Å². The van der Waals surface area contributed by atoms with Crippen LogP contribution in [0.1, 0.15) is 0 Å². The van der Waals surface area contributed by atoms with Gasteiger partial charge in [0.05, 0.1) is 27.1 Å². The molecule has 3 heterocycles. The summed E-state index contributed by atoms with van der Waals surface area (Å²) in [4.78, 5) is 2.46. The molecule has 0 atom stereocenters. The van der Waals surface area contributed by atoms with E-state index in [0.717, 1.165) is 66.9 Å². The van der Waals surface area contributed by atoms with Crippen LogP contribution in [0.3, 0.4) is 0 Å². The van der Waals surface area contributed by atoms with Gasteiger partial charge in [0.25, 0.3) is 0 Å². The Balaban J connectivity index is 1.09. The molecule has 272 valence electrons. The van der Waals surface area contributed by atoms with E-state index in [1.54, 1.807) is 0 Å². The lowest BCUT2D eigenvalue weighted by Crippen LogP contribution is -2.11. The lowest BCUT2D eigenvalue weighted by molar-refractivity contribution is 0.669. The Morgan fingerprint density at radius 2 is 1.03 bits per heavy atom. The zero-order chi connectivity index (χ0) is 38.2. The Morgan fingerprint density at radius 1 is 0.397 bits per heavy atom. The molecule has 0 spiro atoms. The Hall–Kier alpha value is -7.40. The second-order valence-electron chi connectivity index (χ2n) is 14.9. The fraction of sp³-hybridized carbons (Fsp3) is 0. The minimum Gasteiger partial charge on any atom is -0.456 e. The molecule has 0 saturated heterocycles. The number of nitrogens with zero attached hydrogens (tertiary/aromatic N) is 2. The summed E-state index contributed by atoms with van der Waals surface area (Å²) in [7, 11) is 0. The van der Waals surface area contributed by atoms with Gasteiger partial charge in [-0.3, -0.25) is 0 Å². The van der Waals surface area contributed by atoms with Gasteiger partial charge in [-0.25, -0.2) is 0 Å². The largest absolute Gasteiger partial charge is 0.456 e. The van der Waals surface area contributed by atoms with Crippen LogP contribution in [0, 0.1) is 0 Å². The highest BCUT2D eigenvalue weighted by molar-refractivity contribution is 7.26. The topological polar surface area (TPSA) is 21.3 Å². The van der Waals surface area contributed by atoms with Gasteiger partial charge in [0.2, 0.25) is 0 Å². The molecule has 0 fully saturated rings. The quantitative estimate of drug-likeness (QED) is 0.168. The number of hydrogen-bond donors (Lipinski definition) is 0. The van der Waals surface area contributed by atoms with Crippen LogP contribution in [0.5, 0.6) is 0 Å². The van der Waals surface area contributed by atoms with E-state index in [4.69, 9.17) is 4.42 Å². The Morgan fingerprint density at radius 3 is 1.86 bits per heavy atom. The first-order valence-electron chi connectivity index (χ1n) is 19.7. The Bertz CT molecular complexity index is 3480. The maximum Gasteiger partial charge on any atom is 0.135 e. The third kappa shape index (κ3) is 5.12. The van der Waals surface area contributed by atoms with Crippen LogP contribution in [0.2, 0.25) is 0 Å². The summed E-state index contributed by atoms with van der Waals surface area (Å²) in [5.74, 6) is 0. The van der Waals surface area contributed by atoms with E-state index in [9.17, 15) is 0 Å². The molecule has 0 saturated carbocycles. The molecule has 0 aliphatic heterocycles. The summed E-state index contributed by atoms with van der Waals surface area (Å²) < 4.78 is 11.3. The van der Waals surface area contributed by atoms with Gasteiger partial charge in [-0.1, -0.05) is 133 Å². The van der Waals surface area contributed by atoms with Crippen molar-refractivity contribution >= 4 is 92.3 Å². The summed E-state index contributed by atoms with van der Waals surface area (Å²) >= 11 is 1.85. The molecular weight excluding hydrogens is 725 g/mol. The molecule has 3 aromatic heterocycles. The SMILES string of the molecule is c1ccc(-c2cc(-c3cccc(-n4c5ccccc5c5ccccc54)c3)ccc2N(c2ccc3oc4ccccc4c3c2)c2cccc3c2sc2ccccc23)cc1. The molecule has 0 bridgehead atoms. The highest BCUT2D eigenvalue weighted by atomic mass is 32.1. The van der Waals surface area contributed by atoms with Gasteiger partial charge in [0.1, 0.15) is 11.2 Å². The lowest BCUT2D eigenvalue weighted by Gasteiger charge is -2.29. The minimum absolute atomic E-state index is 0.881. The van der Waals surface area contributed by atoms with Gasteiger partial charge < -0.3 is 13.9 Å². The first-order chi connectivity index (χ1) is 28.8. The van der Waals surface area contributed by atoms with Crippen LogP contribution < -0.4 is 4.90 Å². The molecule has 0 aliphatic carbocycles. The van der Waals surface area contributed by atoms with Crippen LogP contribution in [-0.2, 0) is 0 Å². The number of para-hydroxylation sites is 3. The summed E-state index contributed by atoms with van der Waals surface area (Å²) in [6.45, 7) is 0. The average Bonchev–Trinajstić information content (AvgIpc) is 3.97. The van der Waals surface area contributed by atoms with Crippen molar-refractivity contribution in [2.45, 2.75) is 0 Å². The molecule has 58 heavy (non-hydrogen) atoms. The monoisotopic (exact) mass is 758 g/mol. The zero-order valence-corrected chi connectivity index (χ0v) is 32.2. The van der Waals surface area contributed by atoms with E-state index in [-0.39, 0.29) is 0 Å². The number of rotatable bonds is 6. The predicted molar refractivity (Wildman–Crippen MR) is 247 cm³/mol. The number of anilines is 3. The molecule has 12 aromatic rings. The summed E-state index contributed by atoms with van der Waals surface area (Å²) in [5, 5.41) is 7.27. The normalized spacial score (nSPS) is 11.8. The molecule has 0 amide bonds. The predicted octanol–water partition coefficient (Wildman–Crippen LogP) is 15.9. The van der Waals surface area contributed by atoms with E-state index in [1.807, 2.05) is 23.5 Å². The molecule has 0 aliphatic rings. The van der Waals surface area contributed by atoms with Crippen molar-refractivity contribution in [3.63, 3.8) is 0 Å². The second kappa shape index (κ2) is 13.1. The Kier molecular flexibility index (Phi) is 7.40. The van der Waals surface area contributed by atoms with Crippen LogP contribution in [-0.4, -0.2) is 4.57 Å². The van der Waals surface area contributed by atoms with E-state index >= 15 is 0 Å². The van der Waals surface area contributed by atoms with Crippen molar-refractivity contribution in [3.05, 3.63) is 206 Å². The van der Waals surface area contributed by atoms with Gasteiger partial charge in [-0.05, 0) is 89.5 Å². The third-order valence-electron chi connectivity index (χ3n) is 11.6. The maximum absolute atomic E-state index is 6.33. The number of thiophene rings is 1. The van der Waals surface area contributed by atoms with E-state index in [2.05, 4.69) is 204 Å². The van der Waals surface area contributed by atoms with Crippen LogP contribution in [0.25, 0.3) is 91.9 Å². The second-order valence-corrected chi connectivity index (χ2v) is 15.9. The number of furan rings is 1. The smallest absolute Gasteiger partial charge is 0.135 e. The average molecular weight is 759 g/mol. The van der Waals surface area contributed by atoms with Gasteiger partial charge in [-0.15, -0.1) is 11.3 Å². The number of aromatic nitrogens is 1.